The average Bonchev–Trinajstić information content (AvgIpc) is 2.57. The van der Waals surface area contributed by atoms with Gasteiger partial charge in [0.15, 0.2) is 0 Å². The van der Waals surface area contributed by atoms with E-state index in [1.165, 1.54) is 0 Å². The number of hydrogen-bond acceptors (Lipinski definition) is 4. The van der Waals surface area contributed by atoms with Crippen LogP contribution in [0.15, 0.2) is 24.3 Å². The highest BCUT2D eigenvalue weighted by Crippen LogP contribution is 2.48. The number of aliphatic hydroxyl groups excluding tert-OH is 1. The van der Waals surface area contributed by atoms with Gasteiger partial charge < -0.3 is 15.2 Å². The Balaban J connectivity index is 1.63. The average molecular weight is 314 g/mol. The van der Waals surface area contributed by atoms with Gasteiger partial charge >= 0.3 is 0 Å². The molecule has 5 nitrogen and oxygen atoms in total. The molecule has 1 aliphatic heterocycles. The van der Waals surface area contributed by atoms with Crippen LogP contribution >= 0.6 is 0 Å². The molecule has 1 aromatic carbocycles. The Bertz CT molecular complexity index is 617. The van der Waals surface area contributed by atoms with Gasteiger partial charge in [-0.15, -0.1) is 0 Å². The van der Waals surface area contributed by atoms with Crippen LogP contribution < -0.4 is 5.32 Å². The Labute approximate surface area is 136 Å². The first-order chi connectivity index (χ1) is 11.2. The largest absolute Gasteiger partial charge is 0.392 e. The normalized spacial score (nSPS) is 25.4. The first-order valence-corrected chi connectivity index (χ1v) is 8.14. The van der Waals surface area contributed by atoms with Crippen LogP contribution in [0.4, 0.5) is 0 Å². The van der Waals surface area contributed by atoms with Gasteiger partial charge in [0, 0.05) is 24.7 Å². The van der Waals surface area contributed by atoms with E-state index < -0.39 is 0 Å². The standard InChI is InChI=1S/C18H22N2O3/c19-8-5-13-3-1-2-4-14(13)11-17(22)20-15-12-16(21)18(15)6-9-23-10-7-18/h1-4,15-16,21H,5-7,9-12H2,(H,20,22)/t15-,16-/m1/s1. The Morgan fingerprint density at radius 3 is 2.70 bits per heavy atom. The molecule has 2 aliphatic rings. The molecule has 0 aromatic heterocycles. The SMILES string of the molecule is N#CCc1ccccc1CC(=O)N[C@@H]1C[C@@H](O)C12CCOCC2. The summed E-state index contributed by atoms with van der Waals surface area (Å²) in [6.07, 6.45) is 2.45. The second kappa shape index (κ2) is 6.69. The molecule has 1 saturated carbocycles. The Morgan fingerprint density at radius 1 is 1.35 bits per heavy atom. The summed E-state index contributed by atoms with van der Waals surface area (Å²) in [5, 5.41) is 22.1. The molecule has 3 rings (SSSR count). The molecule has 1 aliphatic carbocycles. The number of ether oxygens (including phenoxy) is 1. The lowest BCUT2D eigenvalue weighted by Crippen LogP contribution is -2.65. The number of carbonyl (C=O) groups is 1. The summed E-state index contributed by atoms with van der Waals surface area (Å²) in [5.41, 5.74) is 1.59. The van der Waals surface area contributed by atoms with Crippen molar-refractivity contribution in [2.45, 2.75) is 44.2 Å². The van der Waals surface area contributed by atoms with Crippen molar-refractivity contribution >= 4 is 5.91 Å². The molecule has 2 atom stereocenters. The second-order valence-electron chi connectivity index (χ2n) is 6.50. The van der Waals surface area contributed by atoms with Crippen LogP contribution in [0.1, 0.15) is 30.4 Å². The van der Waals surface area contributed by atoms with Crippen LogP contribution in [-0.4, -0.2) is 36.4 Å². The lowest BCUT2D eigenvalue weighted by molar-refractivity contribution is -0.155. The molecule has 1 amide bonds. The monoisotopic (exact) mass is 314 g/mol. The van der Waals surface area contributed by atoms with Crippen molar-refractivity contribution < 1.29 is 14.6 Å². The number of amides is 1. The van der Waals surface area contributed by atoms with Crippen LogP contribution in [0.2, 0.25) is 0 Å². The third kappa shape index (κ3) is 3.10. The lowest BCUT2D eigenvalue weighted by atomic mass is 9.58. The first kappa shape index (κ1) is 16.0. The Hall–Kier alpha value is -1.90. The van der Waals surface area contributed by atoms with Gasteiger partial charge in [-0.05, 0) is 30.4 Å². The predicted molar refractivity (Wildman–Crippen MR) is 84.5 cm³/mol. The van der Waals surface area contributed by atoms with E-state index in [9.17, 15) is 9.90 Å². The van der Waals surface area contributed by atoms with E-state index in [-0.39, 0.29) is 29.9 Å². The number of nitrogens with one attached hydrogen (secondary N) is 1. The summed E-state index contributed by atoms with van der Waals surface area (Å²) >= 11 is 0. The number of rotatable bonds is 4. The van der Waals surface area contributed by atoms with Crippen molar-refractivity contribution in [3.8, 4) is 6.07 Å². The van der Waals surface area contributed by atoms with E-state index in [2.05, 4.69) is 11.4 Å². The number of carbonyl (C=O) groups excluding carboxylic acids is 1. The van der Waals surface area contributed by atoms with E-state index in [0.717, 1.165) is 24.0 Å². The van der Waals surface area contributed by atoms with Crippen LogP contribution in [-0.2, 0) is 22.4 Å². The molecule has 5 heteroatoms. The minimum absolute atomic E-state index is 0.0250. The number of aliphatic hydroxyl groups is 1. The van der Waals surface area contributed by atoms with E-state index in [4.69, 9.17) is 10.00 Å². The molecule has 23 heavy (non-hydrogen) atoms. The maximum absolute atomic E-state index is 12.4. The maximum Gasteiger partial charge on any atom is 0.224 e. The molecule has 122 valence electrons. The van der Waals surface area contributed by atoms with Crippen molar-refractivity contribution in [1.82, 2.24) is 5.32 Å². The summed E-state index contributed by atoms with van der Waals surface area (Å²) in [6.45, 7) is 1.29. The van der Waals surface area contributed by atoms with Gasteiger partial charge in [0.2, 0.25) is 5.91 Å². The zero-order chi connectivity index (χ0) is 16.3. The van der Waals surface area contributed by atoms with Gasteiger partial charge in [-0.3, -0.25) is 4.79 Å². The quantitative estimate of drug-likeness (QED) is 0.878. The highest BCUT2D eigenvalue weighted by Gasteiger charge is 2.55. The third-order valence-corrected chi connectivity index (χ3v) is 5.31. The van der Waals surface area contributed by atoms with E-state index >= 15 is 0 Å². The highest BCUT2D eigenvalue weighted by molar-refractivity contribution is 5.79. The van der Waals surface area contributed by atoms with Gasteiger partial charge in [0.1, 0.15) is 0 Å². The van der Waals surface area contributed by atoms with Crippen molar-refractivity contribution in [2.75, 3.05) is 13.2 Å². The van der Waals surface area contributed by atoms with Crippen LogP contribution in [0.25, 0.3) is 0 Å². The van der Waals surface area contributed by atoms with Crippen molar-refractivity contribution in [3.63, 3.8) is 0 Å². The smallest absolute Gasteiger partial charge is 0.224 e. The molecule has 1 saturated heterocycles. The van der Waals surface area contributed by atoms with Gasteiger partial charge in [-0.2, -0.15) is 5.26 Å². The van der Waals surface area contributed by atoms with Crippen molar-refractivity contribution in [3.05, 3.63) is 35.4 Å². The van der Waals surface area contributed by atoms with Gasteiger partial charge in [-0.1, -0.05) is 24.3 Å². The minimum Gasteiger partial charge on any atom is -0.392 e. The fourth-order valence-electron chi connectivity index (χ4n) is 3.81. The number of nitrogens with zero attached hydrogens (tertiary/aromatic N) is 1. The van der Waals surface area contributed by atoms with Crippen LogP contribution in [0.5, 0.6) is 0 Å². The molecule has 1 spiro atoms. The number of nitriles is 1. The molecule has 0 radical (unpaired) electrons. The van der Waals surface area contributed by atoms with Gasteiger partial charge in [-0.25, -0.2) is 0 Å². The highest BCUT2D eigenvalue weighted by atomic mass is 16.5. The zero-order valence-corrected chi connectivity index (χ0v) is 13.1. The molecule has 0 bridgehead atoms. The molecule has 2 fully saturated rings. The fourth-order valence-corrected chi connectivity index (χ4v) is 3.81. The van der Waals surface area contributed by atoms with Crippen molar-refractivity contribution in [2.24, 2.45) is 5.41 Å². The number of benzene rings is 1. The summed E-state index contributed by atoms with van der Waals surface area (Å²) in [7, 11) is 0. The van der Waals surface area contributed by atoms with Crippen LogP contribution in [0, 0.1) is 16.7 Å². The first-order valence-electron chi connectivity index (χ1n) is 8.14. The predicted octanol–water partition coefficient (Wildman–Crippen LogP) is 1.34. The maximum atomic E-state index is 12.4. The Kier molecular flexibility index (Phi) is 4.65. The van der Waals surface area contributed by atoms with Crippen molar-refractivity contribution in [1.29, 1.82) is 5.26 Å². The number of hydrogen-bond donors (Lipinski definition) is 2. The second-order valence-corrected chi connectivity index (χ2v) is 6.50. The molecular formula is C18H22N2O3. The third-order valence-electron chi connectivity index (χ3n) is 5.31. The van der Waals surface area contributed by atoms with Gasteiger partial charge in [0.05, 0.1) is 25.0 Å². The zero-order valence-electron chi connectivity index (χ0n) is 13.1. The van der Waals surface area contributed by atoms with E-state index in [0.29, 0.717) is 26.1 Å². The summed E-state index contributed by atoms with van der Waals surface area (Å²) in [4.78, 5) is 12.4. The molecular weight excluding hydrogens is 292 g/mol. The topological polar surface area (TPSA) is 82.4 Å². The summed E-state index contributed by atoms with van der Waals surface area (Å²) in [5.74, 6) is -0.0434. The Morgan fingerprint density at radius 2 is 2.04 bits per heavy atom. The molecule has 1 aromatic rings. The molecule has 1 heterocycles. The van der Waals surface area contributed by atoms with Crippen LogP contribution in [0.3, 0.4) is 0 Å². The van der Waals surface area contributed by atoms with Gasteiger partial charge in [0.25, 0.3) is 0 Å². The summed E-state index contributed by atoms with van der Waals surface area (Å²) < 4.78 is 5.39. The fraction of sp³-hybridized carbons (Fsp3) is 0.556. The van der Waals surface area contributed by atoms with E-state index in [1.54, 1.807) is 0 Å². The lowest BCUT2D eigenvalue weighted by Gasteiger charge is -2.55. The molecule has 0 unspecified atom stereocenters. The molecule has 2 N–H and O–H groups in total. The summed E-state index contributed by atoms with van der Waals surface area (Å²) in [6, 6.07) is 9.71. The minimum atomic E-state index is -0.345. The van der Waals surface area contributed by atoms with E-state index in [1.807, 2.05) is 24.3 Å².